The number of rotatable bonds is 1. The lowest BCUT2D eigenvalue weighted by atomic mass is 10.1. The Morgan fingerprint density at radius 3 is 2.47 bits per heavy atom. The molecule has 1 heterocycles. The quantitative estimate of drug-likeness (QED) is 0.860. The van der Waals surface area contributed by atoms with E-state index >= 15 is 0 Å². The monoisotopic (exact) mass is 264 g/mol. The van der Waals surface area contributed by atoms with E-state index in [0.717, 1.165) is 12.1 Å². The third-order valence-corrected chi connectivity index (χ3v) is 2.26. The number of aromatic hydroxyl groups is 1. The largest absolute Gasteiger partial charge is 0.465 e. The summed E-state index contributed by atoms with van der Waals surface area (Å²) in [5.41, 5.74) is -0.983. The van der Waals surface area contributed by atoms with E-state index in [4.69, 9.17) is 16.7 Å². The Balaban J connectivity index is 2.51. The van der Waals surface area contributed by atoms with E-state index in [2.05, 4.69) is 14.6 Å². The minimum Gasteiger partial charge on any atom is -0.465 e. The first-order valence-corrected chi connectivity index (χ1v) is 4.65. The summed E-state index contributed by atoms with van der Waals surface area (Å²) in [5.74, 6) is -0.218. The topological polar surface area (TPSA) is 59.2 Å². The first-order valence-electron chi connectivity index (χ1n) is 4.27. The molecule has 1 aromatic carbocycles. The molecule has 0 fully saturated rings. The highest BCUT2D eigenvalue weighted by atomic mass is 35.5. The Kier molecular flexibility index (Phi) is 2.70. The van der Waals surface area contributed by atoms with Crippen LogP contribution in [0.5, 0.6) is 6.08 Å². The van der Waals surface area contributed by atoms with Crippen molar-refractivity contribution >= 4 is 11.6 Å². The molecular weight excluding hydrogens is 261 g/mol. The van der Waals surface area contributed by atoms with Crippen LogP contribution in [0.3, 0.4) is 0 Å². The van der Waals surface area contributed by atoms with E-state index in [-0.39, 0.29) is 11.5 Å². The van der Waals surface area contributed by atoms with Crippen molar-refractivity contribution in [3.63, 3.8) is 0 Å². The zero-order valence-corrected chi connectivity index (χ0v) is 8.75. The maximum absolute atomic E-state index is 12.5. The summed E-state index contributed by atoms with van der Waals surface area (Å²) >= 11 is 5.44. The second-order valence-electron chi connectivity index (χ2n) is 3.08. The van der Waals surface area contributed by atoms with E-state index in [1.807, 2.05) is 0 Å². The molecule has 0 aliphatic carbocycles. The lowest BCUT2D eigenvalue weighted by Gasteiger charge is -2.09. The summed E-state index contributed by atoms with van der Waals surface area (Å²) in [7, 11) is 0. The molecule has 0 amide bonds. The highest BCUT2D eigenvalue weighted by molar-refractivity contribution is 6.31. The Morgan fingerprint density at radius 2 is 1.94 bits per heavy atom. The lowest BCUT2D eigenvalue weighted by Crippen LogP contribution is -2.05. The molecule has 1 aromatic heterocycles. The van der Waals surface area contributed by atoms with Crippen LogP contribution in [0.15, 0.2) is 22.6 Å². The van der Waals surface area contributed by atoms with Gasteiger partial charge in [0.2, 0.25) is 0 Å². The molecule has 2 aromatic rings. The molecule has 2 rings (SSSR count). The molecule has 0 unspecified atom stereocenters. The van der Waals surface area contributed by atoms with Gasteiger partial charge in [0.1, 0.15) is 0 Å². The van der Waals surface area contributed by atoms with Gasteiger partial charge in [-0.1, -0.05) is 16.7 Å². The standard InChI is InChI=1S/C9H4ClF3N2O2/c10-6-2-1-4(3-5(6)9(11,12)13)7-14-15-8(16)17-7/h1-3H,(H,15,16). The van der Waals surface area contributed by atoms with E-state index in [1.165, 1.54) is 6.07 Å². The van der Waals surface area contributed by atoms with Crippen molar-refractivity contribution in [2.24, 2.45) is 0 Å². The van der Waals surface area contributed by atoms with Gasteiger partial charge in [-0.15, -0.1) is 5.10 Å². The van der Waals surface area contributed by atoms with Crippen LogP contribution < -0.4 is 0 Å². The van der Waals surface area contributed by atoms with Gasteiger partial charge in [0, 0.05) is 5.56 Å². The van der Waals surface area contributed by atoms with Crippen molar-refractivity contribution < 1.29 is 22.7 Å². The highest BCUT2D eigenvalue weighted by Gasteiger charge is 2.33. The fraction of sp³-hybridized carbons (Fsp3) is 0.111. The summed E-state index contributed by atoms with van der Waals surface area (Å²) in [6, 6.07) is 3.13. The average molecular weight is 265 g/mol. The van der Waals surface area contributed by atoms with E-state index in [9.17, 15) is 13.2 Å². The molecule has 0 spiro atoms. The second-order valence-corrected chi connectivity index (χ2v) is 3.49. The zero-order chi connectivity index (χ0) is 12.6. The Labute approximate surface area is 97.6 Å². The average Bonchev–Trinajstić information content (AvgIpc) is 2.64. The molecular formula is C9H4ClF3N2O2. The zero-order valence-electron chi connectivity index (χ0n) is 7.99. The number of alkyl halides is 3. The number of hydrogen-bond acceptors (Lipinski definition) is 4. The fourth-order valence-electron chi connectivity index (χ4n) is 1.21. The molecule has 17 heavy (non-hydrogen) atoms. The third-order valence-electron chi connectivity index (χ3n) is 1.93. The van der Waals surface area contributed by atoms with Crippen molar-refractivity contribution in [2.75, 3.05) is 0 Å². The molecule has 0 saturated carbocycles. The molecule has 90 valence electrons. The van der Waals surface area contributed by atoms with Crippen LogP contribution in [-0.4, -0.2) is 15.3 Å². The van der Waals surface area contributed by atoms with Crippen LogP contribution in [0.25, 0.3) is 11.5 Å². The molecule has 1 N–H and O–H groups in total. The summed E-state index contributed by atoms with van der Waals surface area (Å²) < 4.78 is 42.2. The Hall–Kier alpha value is -1.76. The molecule has 0 aliphatic heterocycles. The number of halogens is 4. The number of nitrogens with zero attached hydrogens (tertiary/aromatic N) is 2. The van der Waals surface area contributed by atoms with Gasteiger partial charge in [-0.05, 0) is 18.2 Å². The Bertz CT molecular complexity index is 553. The van der Waals surface area contributed by atoms with Gasteiger partial charge in [-0.25, -0.2) is 0 Å². The van der Waals surface area contributed by atoms with Gasteiger partial charge in [0.15, 0.2) is 0 Å². The maximum atomic E-state index is 12.5. The third kappa shape index (κ3) is 2.33. The number of hydrogen-bond donors (Lipinski definition) is 1. The second kappa shape index (κ2) is 3.92. The van der Waals surface area contributed by atoms with Crippen LogP contribution >= 0.6 is 11.6 Å². The highest BCUT2D eigenvalue weighted by Crippen LogP contribution is 2.37. The van der Waals surface area contributed by atoms with Crippen molar-refractivity contribution in [1.82, 2.24) is 10.2 Å². The Morgan fingerprint density at radius 1 is 1.24 bits per heavy atom. The van der Waals surface area contributed by atoms with Gasteiger partial charge < -0.3 is 9.52 Å². The van der Waals surface area contributed by atoms with Crippen molar-refractivity contribution in [2.45, 2.75) is 6.18 Å². The van der Waals surface area contributed by atoms with Crippen LogP contribution in [0.4, 0.5) is 13.2 Å². The van der Waals surface area contributed by atoms with Gasteiger partial charge in [0.25, 0.3) is 5.89 Å². The molecule has 0 saturated heterocycles. The fourth-order valence-corrected chi connectivity index (χ4v) is 1.43. The summed E-state index contributed by atoms with van der Waals surface area (Å²) in [6.07, 6.45) is -5.29. The predicted octanol–water partition coefficient (Wildman–Crippen LogP) is 3.11. The molecule has 4 nitrogen and oxygen atoms in total. The molecule has 8 heteroatoms. The van der Waals surface area contributed by atoms with Crippen molar-refractivity contribution in [3.8, 4) is 17.5 Å². The van der Waals surface area contributed by atoms with Crippen LogP contribution in [0, 0.1) is 0 Å². The first kappa shape index (κ1) is 11.7. The molecule has 0 radical (unpaired) electrons. The minimum absolute atomic E-state index is 0.0227. The normalized spacial score (nSPS) is 11.8. The van der Waals surface area contributed by atoms with E-state index in [1.54, 1.807) is 0 Å². The summed E-state index contributed by atoms with van der Waals surface area (Å²) in [6.45, 7) is 0. The molecule has 0 aliphatic rings. The molecule has 0 bridgehead atoms. The van der Waals surface area contributed by atoms with Crippen molar-refractivity contribution in [3.05, 3.63) is 28.8 Å². The summed E-state index contributed by atoms with van der Waals surface area (Å²) in [4.78, 5) is 0. The first-order chi connectivity index (χ1) is 7.88. The number of aromatic nitrogens is 2. The summed E-state index contributed by atoms with van der Waals surface area (Å²) in [5, 5.41) is 14.9. The predicted molar refractivity (Wildman–Crippen MR) is 51.4 cm³/mol. The van der Waals surface area contributed by atoms with E-state index in [0.29, 0.717) is 0 Å². The van der Waals surface area contributed by atoms with E-state index < -0.39 is 22.8 Å². The maximum Gasteiger partial charge on any atom is 0.417 e. The lowest BCUT2D eigenvalue weighted by molar-refractivity contribution is -0.137. The van der Waals surface area contributed by atoms with Crippen LogP contribution in [0.1, 0.15) is 5.56 Å². The minimum atomic E-state index is -4.57. The van der Waals surface area contributed by atoms with Crippen LogP contribution in [0.2, 0.25) is 5.02 Å². The van der Waals surface area contributed by atoms with Crippen LogP contribution in [-0.2, 0) is 6.18 Å². The van der Waals surface area contributed by atoms with Gasteiger partial charge in [-0.2, -0.15) is 13.2 Å². The molecule has 0 atom stereocenters. The van der Waals surface area contributed by atoms with Gasteiger partial charge in [0.05, 0.1) is 10.6 Å². The number of benzene rings is 1. The van der Waals surface area contributed by atoms with Gasteiger partial charge in [-0.3, -0.25) is 0 Å². The van der Waals surface area contributed by atoms with Gasteiger partial charge >= 0.3 is 12.3 Å². The SMILES string of the molecule is Oc1nnc(-c2ccc(Cl)c(C(F)(F)F)c2)o1. The van der Waals surface area contributed by atoms with Crippen molar-refractivity contribution in [1.29, 1.82) is 0 Å². The smallest absolute Gasteiger partial charge is 0.417 e.